The summed E-state index contributed by atoms with van der Waals surface area (Å²) in [7, 11) is 0. The van der Waals surface area contributed by atoms with Crippen LogP contribution in [0.2, 0.25) is 0 Å². The lowest BCUT2D eigenvalue weighted by molar-refractivity contribution is -0.347. The van der Waals surface area contributed by atoms with Crippen molar-refractivity contribution in [3.8, 4) is 0 Å². The van der Waals surface area contributed by atoms with Crippen LogP contribution in [0.4, 0.5) is 26.3 Å². The van der Waals surface area contributed by atoms with Crippen molar-refractivity contribution in [1.82, 2.24) is 0 Å². The van der Waals surface area contributed by atoms with Gasteiger partial charge in [-0.2, -0.15) is 26.3 Å². The summed E-state index contributed by atoms with van der Waals surface area (Å²) < 4.78 is 78.4. The Morgan fingerprint density at radius 2 is 1.73 bits per heavy atom. The van der Waals surface area contributed by atoms with Gasteiger partial charge in [0, 0.05) is 0 Å². The maximum absolute atomic E-state index is 13.1. The molecule has 8 heteroatoms. The SMILES string of the molecule is C=C1/C(=C\C=C2/CCCC3(C)C(C4(C/C=C\C(O)(C(F)(F)F)C(F)(F)F)CC4)=CC[C@@H]23)C[C@@H](C)CC1O. The molecular weight excluding hydrogens is 494 g/mol. The van der Waals surface area contributed by atoms with E-state index < -0.39 is 29.5 Å². The molecular formula is C29H36F6O2. The highest BCUT2D eigenvalue weighted by Crippen LogP contribution is 2.67. The molecule has 3 saturated carbocycles. The zero-order valence-electron chi connectivity index (χ0n) is 21.4. The number of rotatable bonds is 5. The van der Waals surface area contributed by atoms with Crippen LogP contribution in [0.15, 0.2) is 59.3 Å². The summed E-state index contributed by atoms with van der Waals surface area (Å²) in [5.74, 6) is 0.604. The molecule has 0 aromatic carbocycles. The van der Waals surface area contributed by atoms with E-state index in [2.05, 4.69) is 38.7 Å². The molecule has 2 nitrogen and oxygen atoms in total. The number of hydrogen-bond donors (Lipinski definition) is 2. The topological polar surface area (TPSA) is 40.5 Å². The van der Waals surface area contributed by atoms with Crippen molar-refractivity contribution in [3.05, 3.63) is 59.3 Å². The van der Waals surface area contributed by atoms with E-state index in [9.17, 15) is 36.6 Å². The number of fused-ring (bicyclic) bond motifs is 1. The van der Waals surface area contributed by atoms with E-state index in [1.165, 1.54) is 5.57 Å². The van der Waals surface area contributed by atoms with E-state index >= 15 is 0 Å². The van der Waals surface area contributed by atoms with Crippen LogP contribution in [0.25, 0.3) is 0 Å². The van der Waals surface area contributed by atoms with Crippen molar-refractivity contribution in [2.24, 2.45) is 22.7 Å². The lowest BCUT2D eigenvalue weighted by Gasteiger charge is -2.43. The van der Waals surface area contributed by atoms with Gasteiger partial charge in [0.25, 0.3) is 5.60 Å². The minimum atomic E-state index is -5.85. The molecule has 0 aromatic rings. The van der Waals surface area contributed by atoms with Crippen molar-refractivity contribution in [1.29, 1.82) is 0 Å². The van der Waals surface area contributed by atoms with Crippen LogP contribution in [0.3, 0.4) is 0 Å². The average Bonchev–Trinajstić information content (AvgIpc) is 3.46. The van der Waals surface area contributed by atoms with Gasteiger partial charge in [-0.1, -0.05) is 55.9 Å². The van der Waals surface area contributed by atoms with E-state index in [4.69, 9.17) is 0 Å². The third kappa shape index (κ3) is 5.00. The summed E-state index contributed by atoms with van der Waals surface area (Å²) in [4.78, 5) is 0. The van der Waals surface area contributed by atoms with Crippen LogP contribution in [-0.4, -0.2) is 34.3 Å². The molecule has 0 bridgehead atoms. The molecule has 0 heterocycles. The Balaban J connectivity index is 1.53. The summed E-state index contributed by atoms with van der Waals surface area (Å²) in [5.41, 5.74) is -1.24. The number of aliphatic hydroxyl groups is 2. The first-order valence-electron chi connectivity index (χ1n) is 13.1. The Morgan fingerprint density at radius 1 is 1.08 bits per heavy atom. The van der Waals surface area contributed by atoms with Gasteiger partial charge in [0.2, 0.25) is 0 Å². The fourth-order valence-corrected chi connectivity index (χ4v) is 6.89. The van der Waals surface area contributed by atoms with Crippen LogP contribution in [0.1, 0.15) is 71.6 Å². The van der Waals surface area contributed by atoms with Crippen LogP contribution < -0.4 is 0 Å². The zero-order chi connectivity index (χ0) is 27.4. The molecule has 0 aromatic heterocycles. The molecule has 4 aliphatic rings. The maximum Gasteiger partial charge on any atom is 0.429 e. The summed E-state index contributed by atoms with van der Waals surface area (Å²) in [5, 5.41) is 19.7. The highest BCUT2D eigenvalue weighted by molar-refractivity contribution is 5.42. The van der Waals surface area contributed by atoms with Crippen LogP contribution >= 0.6 is 0 Å². The third-order valence-corrected chi connectivity index (χ3v) is 9.22. The molecule has 0 saturated heterocycles. The second-order valence-electron chi connectivity index (χ2n) is 11.8. The second kappa shape index (κ2) is 9.44. The first-order valence-corrected chi connectivity index (χ1v) is 13.1. The second-order valence-corrected chi connectivity index (χ2v) is 11.8. The van der Waals surface area contributed by atoms with Gasteiger partial charge in [0.05, 0.1) is 6.10 Å². The maximum atomic E-state index is 13.1. The molecule has 0 amide bonds. The molecule has 37 heavy (non-hydrogen) atoms. The number of hydrogen-bond acceptors (Lipinski definition) is 2. The van der Waals surface area contributed by atoms with Crippen LogP contribution in [-0.2, 0) is 0 Å². The smallest absolute Gasteiger partial charge is 0.388 e. The molecule has 206 valence electrons. The van der Waals surface area contributed by atoms with Gasteiger partial charge < -0.3 is 10.2 Å². The zero-order valence-corrected chi connectivity index (χ0v) is 21.4. The largest absolute Gasteiger partial charge is 0.429 e. The number of halogens is 6. The Kier molecular flexibility index (Phi) is 7.20. The number of allylic oxidation sites excluding steroid dienone is 6. The van der Waals surface area contributed by atoms with Crippen molar-refractivity contribution in [2.75, 3.05) is 0 Å². The summed E-state index contributed by atoms with van der Waals surface area (Å²) >= 11 is 0. The molecule has 4 atom stereocenters. The monoisotopic (exact) mass is 530 g/mol. The summed E-state index contributed by atoms with van der Waals surface area (Å²) in [6.45, 7) is 8.34. The number of alkyl halides is 6. The van der Waals surface area contributed by atoms with E-state index in [1.807, 2.05) is 0 Å². The average molecular weight is 531 g/mol. The Labute approximate surface area is 214 Å². The van der Waals surface area contributed by atoms with Gasteiger partial charge in [-0.25, -0.2) is 0 Å². The van der Waals surface area contributed by atoms with E-state index in [-0.39, 0.29) is 23.8 Å². The fourth-order valence-electron chi connectivity index (χ4n) is 6.89. The summed E-state index contributed by atoms with van der Waals surface area (Å²) in [6.07, 6.45) is 1.53. The Bertz CT molecular complexity index is 1030. The molecule has 2 N–H and O–H groups in total. The minimum Gasteiger partial charge on any atom is -0.388 e. The first-order chi connectivity index (χ1) is 17.0. The van der Waals surface area contributed by atoms with Crippen LogP contribution in [0.5, 0.6) is 0 Å². The standard InChI is InChI=1S/C29H36F6O2/c1-18-16-21(19(2)23(36)17-18)8-7-20-6-4-11-25(3)22(20)9-10-24(25)26(14-15-26)12-5-13-27(37,28(30,31)32)29(33,34)35/h5,7-8,10,13,18,22-23,36-37H,2,4,6,9,11-12,14-17H2,1,3H3/b13-5-,20-7+,21-8-/t18-,22+,23?,25?/m1/s1. The lowest BCUT2D eigenvalue weighted by atomic mass is 9.61. The highest BCUT2D eigenvalue weighted by Gasteiger charge is 2.69. The van der Waals surface area contributed by atoms with Gasteiger partial charge in [-0.3, -0.25) is 0 Å². The Hall–Kier alpha value is -1.80. The van der Waals surface area contributed by atoms with Gasteiger partial charge >= 0.3 is 12.4 Å². The quantitative estimate of drug-likeness (QED) is 0.280. The van der Waals surface area contributed by atoms with E-state index in [1.54, 1.807) is 0 Å². The van der Waals surface area contributed by atoms with Gasteiger partial charge in [0.1, 0.15) is 0 Å². The van der Waals surface area contributed by atoms with E-state index in [0.29, 0.717) is 25.2 Å². The Morgan fingerprint density at radius 3 is 2.32 bits per heavy atom. The molecule has 0 radical (unpaired) electrons. The van der Waals surface area contributed by atoms with Crippen molar-refractivity contribution < 1.29 is 36.6 Å². The molecule has 4 aliphatic carbocycles. The summed E-state index contributed by atoms with van der Waals surface area (Å²) in [6, 6.07) is 0. The third-order valence-electron chi connectivity index (χ3n) is 9.22. The van der Waals surface area contributed by atoms with Gasteiger partial charge in [-0.15, -0.1) is 0 Å². The molecule has 0 aliphatic heterocycles. The van der Waals surface area contributed by atoms with Crippen molar-refractivity contribution in [2.45, 2.75) is 95.7 Å². The molecule has 0 spiro atoms. The predicted molar refractivity (Wildman–Crippen MR) is 130 cm³/mol. The minimum absolute atomic E-state index is 0.0360. The normalized spacial score (nSPS) is 34.8. The lowest BCUT2D eigenvalue weighted by Crippen LogP contribution is -2.55. The van der Waals surface area contributed by atoms with Crippen molar-refractivity contribution in [3.63, 3.8) is 0 Å². The molecule has 2 unspecified atom stereocenters. The van der Waals surface area contributed by atoms with E-state index in [0.717, 1.165) is 54.9 Å². The van der Waals surface area contributed by atoms with Gasteiger partial charge in [0.15, 0.2) is 0 Å². The van der Waals surface area contributed by atoms with Crippen molar-refractivity contribution >= 4 is 0 Å². The highest BCUT2D eigenvalue weighted by atomic mass is 19.4. The molecule has 4 rings (SSSR count). The molecule has 3 fully saturated rings. The first kappa shape index (κ1) is 28.2. The predicted octanol–water partition coefficient (Wildman–Crippen LogP) is 7.90. The van der Waals surface area contributed by atoms with Gasteiger partial charge in [-0.05, 0) is 97.7 Å². The number of aliphatic hydroxyl groups excluding tert-OH is 1. The van der Waals surface area contributed by atoms with Crippen LogP contribution in [0, 0.1) is 22.7 Å². The fraction of sp³-hybridized carbons (Fsp3) is 0.655.